The second-order valence-corrected chi connectivity index (χ2v) is 11.7. The van der Waals surface area contributed by atoms with Gasteiger partial charge in [-0.15, -0.1) is 0 Å². The van der Waals surface area contributed by atoms with E-state index in [1.54, 1.807) is 18.3 Å². The van der Waals surface area contributed by atoms with Crippen molar-refractivity contribution in [1.29, 1.82) is 0 Å². The molecule has 2 aliphatic rings. The minimum absolute atomic E-state index is 0.00132. The number of rotatable bonds is 8. The molecule has 1 amide bonds. The van der Waals surface area contributed by atoms with Crippen molar-refractivity contribution in [3.63, 3.8) is 0 Å². The molecule has 11 nitrogen and oxygen atoms in total. The third kappa shape index (κ3) is 5.11. The van der Waals surface area contributed by atoms with Crippen molar-refractivity contribution < 1.29 is 22.8 Å². The summed E-state index contributed by atoms with van der Waals surface area (Å²) in [5.74, 6) is 0.128. The highest BCUT2D eigenvalue weighted by molar-refractivity contribution is 7.92. The summed E-state index contributed by atoms with van der Waals surface area (Å²) in [6.07, 6.45) is 3.37. The molecule has 0 spiro atoms. The van der Waals surface area contributed by atoms with E-state index in [1.807, 2.05) is 19.0 Å². The van der Waals surface area contributed by atoms with Crippen molar-refractivity contribution in [1.82, 2.24) is 15.0 Å². The molecule has 3 heterocycles. The number of nitrogens with one attached hydrogen (secondary N) is 1. The average Bonchev–Trinajstić information content (AvgIpc) is 3.44. The number of sulfone groups is 1. The van der Waals surface area contributed by atoms with Crippen LogP contribution in [0, 0.1) is 0 Å². The molecule has 0 radical (unpaired) electrons. The number of benzene rings is 1. The summed E-state index contributed by atoms with van der Waals surface area (Å²) >= 11 is 1.19. The Morgan fingerprint density at radius 2 is 1.97 bits per heavy atom. The molecule has 1 saturated carbocycles. The van der Waals surface area contributed by atoms with Crippen LogP contribution >= 0.6 is 11.3 Å². The van der Waals surface area contributed by atoms with Crippen molar-refractivity contribution in [2.24, 2.45) is 5.16 Å². The maximum Gasteiger partial charge on any atom is 0.280 e. The molecule has 35 heavy (non-hydrogen) atoms. The fourth-order valence-electron chi connectivity index (χ4n) is 3.46. The van der Waals surface area contributed by atoms with Crippen LogP contribution in [0.3, 0.4) is 0 Å². The molecule has 2 fully saturated rings. The number of anilines is 2. The summed E-state index contributed by atoms with van der Waals surface area (Å²) in [7, 11) is 0.379. The molecular weight excluding hydrogens is 492 g/mol. The van der Waals surface area contributed by atoms with Crippen molar-refractivity contribution in [2.45, 2.75) is 35.5 Å². The highest BCUT2D eigenvalue weighted by atomic mass is 32.2. The number of oxime groups is 1. The number of carbonyl (C=O) groups is 1. The Morgan fingerprint density at radius 3 is 2.63 bits per heavy atom. The van der Waals surface area contributed by atoms with E-state index in [1.165, 1.54) is 23.5 Å². The van der Waals surface area contributed by atoms with Crippen molar-refractivity contribution in [3.05, 3.63) is 36.0 Å². The van der Waals surface area contributed by atoms with Gasteiger partial charge in [0.05, 0.1) is 29.6 Å². The number of aromatic nitrogens is 3. The Hall–Kier alpha value is -3.16. The summed E-state index contributed by atoms with van der Waals surface area (Å²) in [5.41, 5.74) is 0.841. The first-order chi connectivity index (χ1) is 16.8. The summed E-state index contributed by atoms with van der Waals surface area (Å²) in [5, 5.41) is 6.85. The van der Waals surface area contributed by atoms with E-state index in [4.69, 9.17) is 9.57 Å². The molecular formula is C22H24N6O5S2. The van der Waals surface area contributed by atoms with Crippen molar-refractivity contribution in [3.8, 4) is 0 Å². The summed E-state index contributed by atoms with van der Waals surface area (Å²) in [6, 6.07) is 6.12. The lowest BCUT2D eigenvalue weighted by Crippen LogP contribution is -2.25. The zero-order valence-electron chi connectivity index (χ0n) is 19.2. The molecule has 1 atom stereocenters. The lowest BCUT2D eigenvalue weighted by Gasteiger charge is -2.10. The molecule has 0 bridgehead atoms. The van der Waals surface area contributed by atoms with Crippen LogP contribution in [0.2, 0.25) is 0 Å². The highest BCUT2D eigenvalue weighted by Gasteiger charge is 2.36. The van der Waals surface area contributed by atoms with E-state index in [0.717, 1.165) is 0 Å². The van der Waals surface area contributed by atoms with Gasteiger partial charge < -0.3 is 14.5 Å². The van der Waals surface area contributed by atoms with Crippen molar-refractivity contribution in [2.75, 3.05) is 37.5 Å². The van der Waals surface area contributed by atoms with E-state index in [0.29, 0.717) is 59.5 Å². The monoisotopic (exact) mass is 516 g/mol. The fraction of sp³-hybridized carbons (Fsp3) is 0.409. The van der Waals surface area contributed by atoms with Gasteiger partial charge in [-0.1, -0.05) is 28.6 Å². The highest BCUT2D eigenvalue weighted by Crippen LogP contribution is 2.33. The molecule has 184 valence electrons. The summed E-state index contributed by atoms with van der Waals surface area (Å²) in [4.78, 5) is 34.5. The van der Waals surface area contributed by atoms with Crippen LogP contribution in [-0.4, -0.2) is 73.7 Å². The second kappa shape index (κ2) is 9.47. The van der Waals surface area contributed by atoms with E-state index in [-0.39, 0.29) is 22.0 Å². The number of ether oxygens (including phenoxy) is 1. The third-order valence-electron chi connectivity index (χ3n) is 5.60. The predicted octanol–water partition coefficient (Wildman–Crippen LogP) is 2.24. The molecule has 1 aliphatic carbocycles. The van der Waals surface area contributed by atoms with Crippen LogP contribution in [0.15, 0.2) is 40.5 Å². The number of thiazole rings is 1. The predicted molar refractivity (Wildman–Crippen MR) is 132 cm³/mol. The first-order valence-electron chi connectivity index (χ1n) is 11.1. The van der Waals surface area contributed by atoms with Gasteiger partial charge >= 0.3 is 0 Å². The Bertz CT molecular complexity index is 1380. The van der Waals surface area contributed by atoms with Gasteiger partial charge in [-0.3, -0.25) is 10.1 Å². The number of hydrogen-bond acceptors (Lipinski definition) is 11. The van der Waals surface area contributed by atoms with Gasteiger partial charge in [0.2, 0.25) is 0 Å². The smallest absolute Gasteiger partial charge is 0.280 e. The topological polar surface area (TPSA) is 136 Å². The average molecular weight is 517 g/mol. The molecule has 1 N–H and O–H groups in total. The Labute approximate surface area is 206 Å². The molecule has 0 unspecified atom stereocenters. The van der Waals surface area contributed by atoms with Crippen LogP contribution in [0.5, 0.6) is 0 Å². The molecule has 1 aliphatic heterocycles. The molecule has 1 saturated heterocycles. The number of fused-ring (bicyclic) bond motifs is 1. The molecule has 1 aromatic carbocycles. The van der Waals surface area contributed by atoms with Gasteiger partial charge in [-0.2, -0.15) is 4.98 Å². The third-order valence-corrected chi connectivity index (χ3v) is 8.74. The maximum atomic E-state index is 13.2. The number of carbonyl (C=O) groups excluding carboxylic acids is 1. The zero-order valence-corrected chi connectivity index (χ0v) is 20.8. The number of nitrogens with zero attached hydrogens (tertiary/aromatic N) is 5. The summed E-state index contributed by atoms with van der Waals surface area (Å²) < 4.78 is 30.4. The van der Waals surface area contributed by atoms with Gasteiger partial charge in [-0.25, -0.2) is 18.4 Å². The summed E-state index contributed by atoms with van der Waals surface area (Å²) in [6.45, 7) is 0.955. The molecule has 2 aromatic heterocycles. The SMILES string of the molecule is CN(C)c1cnc2nc(NC(=O)C(=NO[C@@H]3CCOC3)c3ccc(S(=O)(=O)C4CC4)cc3)sc2n1. The van der Waals surface area contributed by atoms with Gasteiger partial charge in [0.25, 0.3) is 5.91 Å². The van der Waals surface area contributed by atoms with E-state index in [9.17, 15) is 13.2 Å². The Kier molecular flexibility index (Phi) is 6.38. The molecule has 13 heteroatoms. The van der Waals surface area contributed by atoms with Crippen LogP contribution in [0.4, 0.5) is 10.9 Å². The lowest BCUT2D eigenvalue weighted by atomic mass is 10.1. The normalized spacial score (nSPS) is 18.6. The van der Waals surface area contributed by atoms with E-state index in [2.05, 4.69) is 25.4 Å². The van der Waals surface area contributed by atoms with Crippen LogP contribution in [0.25, 0.3) is 10.5 Å². The largest absolute Gasteiger partial charge is 0.389 e. The first kappa shape index (κ1) is 23.6. The van der Waals surface area contributed by atoms with Crippen LogP contribution < -0.4 is 10.2 Å². The quantitative estimate of drug-likeness (QED) is 0.353. The maximum absolute atomic E-state index is 13.2. The second-order valence-electron chi connectivity index (χ2n) is 8.52. The zero-order chi connectivity index (χ0) is 24.6. The van der Waals surface area contributed by atoms with Gasteiger partial charge in [0, 0.05) is 26.1 Å². The standard InChI is InChI=1S/C22H24N6O5S2/c1-28(2)17-11-23-19-21(24-17)34-22(25-19)26-20(29)18(27-33-14-9-10-32-12-14)13-3-5-15(6-4-13)35(30,31)16-7-8-16/h3-6,11,14,16H,7-10,12H2,1-2H3,(H,23,25,26,29)/t14-/m1/s1. The lowest BCUT2D eigenvalue weighted by molar-refractivity contribution is -0.110. The number of hydrogen-bond donors (Lipinski definition) is 1. The number of amides is 1. The van der Waals surface area contributed by atoms with Gasteiger partial charge in [-0.05, 0) is 25.0 Å². The van der Waals surface area contributed by atoms with Crippen LogP contribution in [0.1, 0.15) is 24.8 Å². The minimum atomic E-state index is -3.34. The van der Waals surface area contributed by atoms with E-state index < -0.39 is 15.7 Å². The Balaban J connectivity index is 1.41. The fourth-order valence-corrected chi connectivity index (χ4v) is 5.90. The molecule has 3 aromatic rings. The van der Waals surface area contributed by atoms with E-state index >= 15 is 0 Å². The van der Waals surface area contributed by atoms with Gasteiger partial charge in [0.1, 0.15) is 5.82 Å². The van der Waals surface area contributed by atoms with Crippen LogP contribution in [-0.2, 0) is 24.2 Å². The minimum Gasteiger partial charge on any atom is -0.389 e. The molecule has 5 rings (SSSR count). The Morgan fingerprint density at radius 1 is 1.20 bits per heavy atom. The van der Waals surface area contributed by atoms with Gasteiger partial charge in [0.15, 0.2) is 37.3 Å². The van der Waals surface area contributed by atoms with Crippen molar-refractivity contribution >= 4 is 54.2 Å². The first-order valence-corrected chi connectivity index (χ1v) is 13.5.